The molecule has 0 unspecified atom stereocenters. The van der Waals surface area contributed by atoms with Gasteiger partial charge in [-0.15, -0.1) is 0 Å². The van der Waals surface area contributed by atoms with Crippen LogP contribution in [-0.4, -0.2) is 56.1 Å². The SMILES string of the molecule is CN([C@H]1CCC2=Cc3c(cnn3-c3ccc(F)cc3)C[C@]2(C(=O)c2cc(C(F)(F)F)ccn2)C1)S(=O)(=O)c1ccnn1C. The molecule has 2 atom stereocenters. The number of benzene rings is 1. The molecule has 43 heavy (non-hydrogen) atoms. The Balaban J connectivity index is 1.44. The summed E-state index contributed by atoms with van der Waals surface area (Å²) in [6.45, 7) is 0. The lowest BCUT2D eigenvalue weighted by atomic mass is 9.60. The first kappa shape index (κ1) is 28.9. The number of allylic oxidation sites excluding steroid dienone is 1. The molecule has 0 bridgehead atoms. The molecule has 0 N–H and O–H groups in total. The molecule has 0 aliphatic heterocycles. The van der Waals surface area contributed by atoms with Crippen LogP contribution in [0.1, 0.15) is 46.6 Å². The number of pyridine rings is 1. The zero-order valence-electron chi connectivity index (χ0n) is 23.1. The van der Waals surface area contributed by atoms with Gasteiger partial charge in [0.1, 0.15) is 11.5 Å². The molecule has 1 fully saturated rings. The van der Waals surface area contributed by atoms with Crippen LogP contribution in [0.25, 0.3) is 11.8 Å². The molecule has 6 rings (SSSR count). The zero-order chi connectivity index (χ0) is 30.7. The maximum Gasteiger partial charge on any atom is 0.416 e. The number of fused-ring (bicyclic) bond motifs is 2. The van der Waals surface area contributed by atoms with E-state index in [1.54, 1.807) is 29.1 Å². The van der Waals surface area contributed by atoms with E-state index in [1.807, 2.05) is 0 Å². The summed E-state index contributed by atoms with van der Waals surface area (Å²) in [7, 11) is -1.07. The summed E-state index contributed by atoms with van der Waals surface area (Å²) in [5.74, 6) is -1.04. The largest absolute Gasteiger partial charge is 0.416 e. The van der Waals surface area contributed by atoms with Crippen molar-refractivity contribution in [1.29, 1.82) is 0 Å². The predicted octanol–water partition coefficient (Wildman–Crippen LogP) is 4.84. The Bertz CT molecular complexity index is 1860. The Labute approximate surface area is 244 Å². The van der Waals surface area contributed by atoms with Crippen LogP contribution in [0.15, 0.2) is 71.7 Å². The van der Waals surface area contributed by atoms with Gasteiger partial charge in [-0.3, -0.25) is 14.5 Å². The molecule has 2 aliphatic rings. The first-order chi connectivity index (χ1) is 20.3. The minimum absolute atomic E-state index is 0.0182. The van der Waals surface area contributed by atoms with Crippen molar-refractivity contribution in [3.8, 4) is 5.69 Å². The molecule has 224 valence electrons. The van der Waals surface area contributed by atoms with Crippen molar-refractivity contribution < 1.29 is 30.8 Å². The molecule has 3 heterocycles. The standard InChI is InChI=1S/C29H26F4N6O3S/c1-37-26(10-12-35-37)43(41,42)38(2)23-6-3-19-14-25-18(17-36-39(25)22-7-4-21(30)5-8-22)15-28(19,16-23)27(40)24-13-20(9-11-34-24)29(31,32)33/h4-5,7-14,17,23H,3,6,15-16H2,1-2H3/t23-,28-/m0/s1. The van der Waals surface area contributed by atoms with Crippen molar-refractivity contribution >= 4 is 21.9 Å². The Hall–Kier alpha value is -4.17. The van der Waals surface area contributed by atoms with Crippen LogP contribution in [0.3, 0.4) is 0 Å². The summed E-state index contributed by atoms with van der Waals surface area (Å²) in [5, 5.41) is 8.39. The van der Waals surface area contributed by atoms with Crippen molar-refractivity contribution in [3.63, 3.8) is 0 Å². The minimum atomic E-state index is -4.68. The maximum atomic E-state index is 14.3. The van der Waals surface area contributed by atoms with Crippen LogP contribution in [0.4, 0.5) is 17.6 Å². The molecule has 4 aromatic rings. The van der Waals surface area contributed by atoms with Crippen LogP contribution in [0, 0.1) is 11.2 Å². The monoisotopic (exact) mass is 614 g/mol. The Morgan fingerprint density at radius 3 is 2.51 bits per heavy atom. The average Bonchev–Trinajstić information content (AvgIpc) is 3.60. The summed E-state index contributed by atoms with van der Waals surface area (Å²) >= 11 is 0. The molecule has 1 saturated carbocycles. The van der Waals surface area contributed by atoms with Crippen LogP contribution >= 0.6 is 0 Å². The molecule has 14 heteroatoms. The number of sulfonamides is 1. The van der Waals surface area contributed by atoms with Crippen molar-refractivity contribution in [2.75, 3.05) is 7.05 Å². The number of carbonyl (C=O) groups is 1. The van der Waals surface area contributed by atoms with Gasteiger partial charge in [0.15, 0.2) is 10.8 Å². The third kappa shape index (κ3) is 4.87. The van der Waals surface area contributed by atoms with Crippen molar-refractivity contribution in [1.82, 2.24) is 28.9 Å². The van der Waals surface area contributed by atoms with E-state index in [1.165, 1.54) is 47.5 Å². The second-order valence-electron chi connectivity index (χ2n) is 10.8. The Morgan fingerprint density at radius 2 is 1.84 bits per heavy atom. The topological polar surface area (TPSA) is 103 Å². The smallest absolute Gasteiger partial charge is 0.291 e. The van der Waals surface area contributed by atoms with Crippen molar-refractivity contribution in [2.45, 2.75) is 42.9 Å². The van der Waals surface area contributed by atoms with Crippen molar-refractivity contribution in [2.24, 2.45) is 12.5 Å². The van der Waals surface area contributed by atoms with Gasteiger partial charge in [-0.05, 0) is 79.8 Å². The molecule has 0 radical (unpaired) electrons. The lowest BCUT2D eigenvalue weighted by Gasteiger charge is -2.45. The first-order valence-electron chi connectivity index (χ1n) is 13.4. The van der Waals surface area contributed by atoms with Gasteiger partial charge >= 0.3 is 6.18 Å². The van der Waals surface area contributed by atoms with Crippen LogP contribution in [0.5, 0.6) is 0 Å². The predicted molar refractivity (Wildman–Crippen MR) is 147 cm³/mol. The number of nitrogens with zero attached hydrogens (tertiary/aromatic N) is 6. The van der Waals surface area contributed by atoms with E-state index in [-0.39, 0.29) is 23.6 Å². The number of Topliss-reactive ketones (excluding diaryl/α,β-unsaturated/α-hetero) is 1. The molecule has 2 aliphatic carbocycles. The first-order valence-corrected chi connectivity index (χ1v) is 14.8. The van der Waals surface area contributed by atoms with Gasteiger partial charge in [-0.25, -0.2) is 17.5 Å². The van der Waals surface area contributed by atoms with Gasteiger partial charge in [-0.2, -0.15) is 27.7 Å². The second-order valence-corrected chi connectivity index (χ2v) is 12.8. The molecule has 1 aromatic carbocycles. The Kier molecular flexibility index (Phi) is 6.88. The highest BCUT2D eigenvalue weighted by atomic mass is 32.2. The minimum Gasteiger partial charge on any atom is -0.291 e. The summed E-state index contributed by atoms with van der Waals surface area (Å²) < 4.78 is 85.5. The lowest BCUT2D eigenvalue weighted by molar-refractivity contribution is -0.137. The van der Waals surface area contributed by atoms with Gasteiger partial charge in [0.25, 0.3) is 10.0 Å². The fraction of sp³-hybridized carbons (Fsp3) is 0.310. The quantitative estimate of drug-likeness (QED) is 0.228. The number of hydrogen-bond donors (Lipinski definition) is 0. The van der Waals surface area contributed by atoms with E-state index in [9.17, 15) is 30.8 Å². The van der Waals surface area contributed by atoms with Crippen LogP contribution in [0.2, 0.25) is 0 Å². The summed E-state index contributed by atoms with van der Waals surface area (Å²) in [6, 6.07) is 8.00. The number of aromatic nitrogens is 5. The van der Waals surface area contributed by atoms with Crippen molar-refractivity contribution in [3.05, 3.63) is 95.0 Å². The van der Waals surface area contributed by atoms with Gasteiger partial charge in [-0.1, -0.05) is 5.57 Å². The lowest BCUT2D eigenvalue weighted by Crippen LogP contribution is -2.49. The number of halogens is 4. The molecule has 0 spiro atoms. The number of ketones is 1. The van der Waals surface area contributed by atoms with Crippen LogP contribution < -0.4 is 0 Å². The summed E-state index contributed by atoms with van der Waals surface area (Å²) in [5.41, 5.74) is -0.184. The number of rotatable bonds is 6. The molecular formula is C29H26F4N6O3S. The van der Waals surface area contributed by atoms with Gasteiger partial charge in [0.2, 0.25) is 0 Å². The molecule has 9 nitrogen and oxygen atoms in total. The van der Waals surface area contributed by atoms with Crippen LogP contribution in [-0.2, 0) is 29.7 Å². The van der Waals surface area contributed by atoms with Gasteiger partial charge in [0.05, 0.1) is 34.8 Å². The number of hydrogen-bond acceptors (Lipinski definition) is 6. The van der Waals surface area contributed by atoms with E-state index in [0.717, 1.165) is 18.3 Å². The average molecular weight is 615 g/mol. The normalized spacial score (nSPS) is 20.4. The zero-order valence-corrected chi connectivity index (χ0v) is 23.9. The van der Waals surface area contributed by atoms with E-state index in [4.69, 9.17) is 0 Å². The third-order valence-electron chi connectivity index (χ3n) is 8.39. The molecule has 0 amide bonds. The maximum absolute atomic E-state index is 14.3. The highest BCUT2D eigenvalue weighted by molar-refractivity contribution is 7.89. The van der Waals surface area contributed by atoms with Gasteiger partial charge < -0.3 is 0 Å². The Morgan fingerprint density at radius 1 is 1.09 bits per heavy atom. The summed E-state index contributed by atoms with van der Waals surface area (Å²) in [4.78, 5) is 18.4. The molecular weight excluding hydrogens is 588 g/mol. The fourth-order valence-electron chi connectivity index (χ4n) is 6.12. The number of alkyl halides is 3. The second kappa shape index (κ2) is 10.2. The molecule has 3 aromatic heterocycles. The summed E-state index contributed by atoms with van der Waals surface area (Å²) in [6.07, 6.45) is 1.76. The van der Waals surface area contributed by atoms with Gasteiger partial charge in [0, 0.05) is 26.3 Å². The number of carbonyl (C=O) groups excluding carboxylic acids is 1. The third-order valence-corrected chi connectivity index (χ3v) is 10.4. The van der Waals surface area contributed by atoms with E-state index >= 15 is 0 Å². The highest BCUT2D eigenvalue weighted by Gasteiger charge is 2.51. The van der Waals surface area contributed by atoms with E-state index in [2.05, 4.69) is 15.2 Å². The number of aryl methyl sites for hydroxylation is 1. The fourth-order valence-corrected chi connectivity index (χ4v) is 7.60. The van der Waals surface area contributed by atoms with E-state index in [0.29, 0.717) is 35.4 Å². The van der Waals surface area contributed by atoms with E-state index < -0.39 is 44.8 Å². The molecule has 0 saturated heterocycles. The highest BCUT2D eigenvalue weighted by Crippen LogP contribution is 2.51.